The average Bonchev–Trinajstić information content (AvgIpc) is 3.24. The Morgan fingerprint density at radius 2 is 0.885 bits per heavy atom. The van der Waals surface area contributed by atoms with Gasteiger partial charge in [0.15, 0.2) is 0 Å². The first-order chi connectivity index (χ1) is 29.2. The average molecular weight is 797 g/mol. The summed E-state index contributed by atoms with van der Waals surface area (Å²) < 4.78 is 0. The molecule has 0 radical (unpaired) electrons. The van der Waals surface area contributed by atoms with Crippen molar-refractivity contribution in [3.63, 3.8) is 0 Å². The van der Waals surface area contributed by atoms with Crippen molar-refractivity contribution >= 4 is 34.0 Å². The molecule has 0 fully saturated rings. The Kier molecular flexibility index (Phi) is 12.5. The Morgan fingerprint density at radius 1 is 0.443 bits per heavy atom. The Morgan fingerprint density at radius 3 is 1.39 bits per heavy atom. The Hall–Kier alpha value is -6.64. The third kappa shape index (κ3) is 10.0. The van der Waals surface area contributed by atoms with Crippen molar-refractivity contribution in [3.05, 3.63) is 228 Å². The highest BCUT2D eigenvalue weighted by Crippen LogP contribution is 2.41. The van der Waals surface area contributed by atoms with Gasteiger partial charge >= 0.3 is 0 Å². The molecule has 306 valence electrons. The molecule has 7 aromatic rings. The zero-order valence-electron chi connectivity index (χ0n) is 37.5. The van der Waals surface area contributed by atoms with Crippen LogP contribution in [0.5, 0.6) is 0 Å². The Labute approximate surface area is 365 Å². The fourth-order valence-corrected chi connectivity index (χ4v) is 7.97. The molecule has 7 aromatic carbocycles. The highest BCUT2D eigenvalue weighted by atomic mass is 15.1. The maximum absolute atomic E-state index is 4.15. The number of aryl methyl sites for hydroxylation is 2. The van der Waals surface area contributed by atoms with Crippen molar-refractivity contribution in [1.29, 1.82) is 0 Å². The van der Waals surface area contributed by atoms with E-state index in [2.05, 4.69) is 255 Å². The van der Waals surface area contributed by atoms with Crippen LogP contribution in [0.25, 0.3) is 27.8 Å². The van der Waals surface area contributed by atoms with Crippen molar-refractivity contribution < 1.29 is 0 Å². The standard InChI is InChI=1S/C59H60N2/c1-11-45(46-18-14-12-15-19-46)23-22-44(4)60(53-32-26-51(27-33-53)58(5,6)7)56-38-42(2)36-49(40-56)50-37-43(3)39-57(41-50)61(55-34-28-52(29-35-55)59(8,9)10)54-30-24-48(25-31-54)47-20-16-13-17-21-47/h11-41H,1H2,2-10H3/b44-22+,45-23+. The molecule has 0 N–H and O–H groups in total. The fourth-order valence-electron chi connectivity index (χ4n) is 7.97. The smallest absolute Gasteiger partial charge is 0.0470 e. The van der Waals surface area contributed by atoms with Gasteiger partial charge in [-0.15, -0.1) is 0 Å². The highest BCUT2D eigenvalue weighted by Gasteiger charge is 2.20. The largest absolute Gasteiger partial charge is 0.314 e. The molecule has 0 aliphatic heterocycles. The van der Waals surface area contributed by atoms with Crippen molar-refractivity contribution in [2.45, 2.75) is 73.1 Å². The van der Waals surface area contributed by atoms with E-state index in [9.17, 15) is 0 Å². The molecule has 2 heteroatoms. The van der Waals surface area contributed by atoms with Crippen LogP contribution < -0.4 is 9.80 Å². The summed E-state index contributed by atoms with van der Waals surface area (Å²) in [5, 5.41) is 0. The van der Waals surface area contributed by atoms with E-state index in [-0.39, 0.29) is 10.8 Å². The van der Waals surface area contributed by atoms with E-state index in [0.717, 1.165) is 50.8 Å². The summed E-state index contributed by atoms with van der Waals surface area (Å²) in [6.07, 6.45) is 6.31. The van der Waals surface area contributed by atoms with E-state index in [1.54, 1.807) is 0 Å². The summed E-state index contributed by atoms with van der Waals surface area (Å²) in [6.45, 7) is 24.3. The zero-order valence-corrected chi connectivity index (χ0v) is 37.5. The van der Waals surface area contributed by atoms with Gasteiger partial charge in [0.25, 0.3) is 0 Å². The van der Waals surface area contributed by atoms with Crippen LogP contribution in [0.2, 0.25) is 0 Å². The lowest BCUT2D eigenvalue weighted by Crippen LogP contribution is -2.16. The molecule has 0 atom stereocenters. The zero-order chi connectivity index (χ0) is 43.3. The number of hydrogen-bond acceptors (Lipinski definition) is 2. The number of hydrogen-bond donors (Lipinski definition) is 0. The molecular formula is C59H60N2. The topological polar surface area (TPSA) is 6.48 Å². The van der Waals surface area contributed by atoms with Gasteiger partial charge in [0.1, 0.15) is 0 Å². The van der Waals surface area contributed by atoms with E-state index >= 15 is 0 Å². The number of benzene rings is 7. The van der Waals surface area contributed by atoms with Gasteiger partial charge in [0.2, 0.25) is 0 Å². The fraction of sp³-hybridized carbons (Fsp3) is 0.186. The molecule has 0 unspecified atom stereocenters. The Balaban J connectivity index is 1.34. The minimum atomic E-state index is 0.0529. The summed E-state index contributed by atoms with van der Waals surface area (Å²) >= 11 is 0. The minimum Gasteiger partial charge on any atom is -0.314 e. The molecule has 0 aliphatic carbocycles. The maximum Gasteiger partial charge on any atom is 0.0470 e. The van der Waals surface area contributed by atoms with Gasteiger partial charge in [-0.3, -0.25) is 0 Å². The van der Waals surface area contributed by atoms with E-state index in [0.29, 0.717) is 0 Å². The second-order valence-electron chi connectivity index (χ2n) is 18.3. The lowest BCUT2D eigenvalue weighted by molar-refractivity contribution is 0.590. The van der Waals surface area contributed by atoms with Crippen LogP contribution in [0.3, 0.4) is 0 Å². The van der Waals surface area contributed by atoms with Crippen LogP contribution in [-0.4, -0.2) is 0 Å². The second-order valence-corrected chi connectivity index (χ2v) is 18.3. The van der Waals surface area contributed by atoms with Crippen LogP contribution in [0, 0.1) is 13.8 Å². The second kappa shape index (κ2) is 17.9. The molecule has 7 rings (SSSR count). The van der Waals surface area contributed by atoms with Crippen molar-refractivity contribution in [2.75, 3.05) is 9.80 Å². The summed E-state index contributed by atoms with van der Waals surface area (Å²) in [4.78, 5) is 4.76. The predicted molar refractivity (Wildman–Crippen MR) is 266 cm³/mol. The van der Waals surface area contributed by atoms with Gasteiger partial charge in [0, 0.05) is 34.1 Å². The van der Waals surface area contributed by atoms with Gasteiger partial charge in [-0.1, -0.05) is 169 Å². The van der Waals surface area contributed by atoms with Crippen LogP contribution in [0.1, 0.15) is 76.3 Å². The number of rotatable bonds is 11. The molecule has 0 bridgehead atoms. The highest BCUT2D eigenvalue weighted by molar-refractivity contribution is 5.84. The molecule has 0 spiro atoms. The van der Waals surface area contributed by atoms with Gasteiger partial charge in [-0.05, 0) is 154 Å². The molecule has 0 heterocycles. The van der Waals surface area contributed by atoms with E-state index < -0.39 is 0 Å². The molecule has 0 saturated carbocycles. The normalized spacial score (nSPS) is 12.3. The van der Waals surface area contributed by atoms with Crippen molar-refractivity contribution in [3.8, 4) is 22.3 Å². The summed E-state index contributed by atoms with van der Waals surface area (Å²) in [6, 6.07) is 62.0. The molecule has 0 aliphatic rings. The first-order valence-corrected chi connectivity index (χ1v) is 21.4. The summed E-state index contributed by atoms with van der Waals surface area (Å²) in [5.74, 6) is 0. The number of allylic oxidation sites excluding steroid dienone is 5. The number of nitrogens with zero attached hydrogens (tertiary/aromatic N) is 2. The van der Waals surface area contributed by atoms with Crippen LogP contribution in [0.4, 0.5) is 28.4 Å². The third-order valence-electron chi connectivity index (χ3n) is 11.4. The van der Waals surface area contributed by atoms with Crippen molar-refractivity contribution in [1.82, 2.24) is 0 Å². The van der Waals surface area contributed by atoms with Crippen LogP contribution >= 0.6 is 0 Å². The lowest BCUT2D eigenvalue weighted by atomic mass is 9.87. The SMILES string of the molecule is C=C/C(=C\C=C(/C)N(c1ccc(C(C)(C)C)cc1)c1cc(C)cc(-c2cc(C)cc(N(c3ccc(-c4ccccc4)cc3)c3ccc(C(C)(C)C)cc3)c2)c1)c1ccccc1. The molecule has 0 saturated heterocycles. The molecular weight excluding hydrogens is 737 g/mol. The maximum atomic E-state index is 4.15. The van der Waals surface area contributed by atoms with Crippen molar-refractivity contribution in [2.24, 2.45) is 0 Å². The first-order valence-electron chi connectivity index (χ1n) is 21.4. The van der Waals surface area contributed by atoms with Crippen LogP contribution in [-0.2, 0) is 10.8 Å². The van der Waals surface area contributed by atoms with Crippen LogP contribution in [0.15, 0.2) is 200 Å². The van der Waals surface area contributed by atoms with Gasteiger partial charge < -0.3 is 9.80 Å². The van der Waals surface area contributed by atoms with E-state index in [1.807, 2.05) is 12.1 Å². The van der Waals surface area contributed by atoms with E-state index in [1.165, 1.54) is 38.9 Å². The number of anilines is 5. The quantitative estimate of drug-likeness (QED) is 0.120. The lowest BCUT2D eigenvalue weighted by Gasteiger charge is -2.29. The summed E-state index contributed by atoms with van der Waals surface area (Å²) in [5.41, 5.74) is 18.7. The summed E-state index contributed by atoms with van der Waals surface area (Å²) in [7, 11) is 0. The molecule has 0 aromatic heterocycles. The molecule has 61 heavy (non-hydrogen) atoms. The van der Waals surface area contributed by atoms with Gasteiger partial charge in [0.05, 0.1) is 0 Å². The third-order valence-corrected chi connectivity index (χ3v) is 11.4. The predicted octanol–water partition coefficient (Wildman–Crippen LogP) is 17.0. The Bertz CT molecular complexity index is 2650. The minimum absolute atomic E-state index is 0.0529. The molecule has 0 amide bonds. The first kappa shape index (κ1) is 42.5. The van der Waals surface area contributed by atoms with E-state index in [4.69, 9.17) is 0 Å². The van der Waals surface area contributed by atoms with Gasteiger partial charge in [-0.2, -0.15) is 0 Å². The monoisotopic (exact) mass is 796 g/mol. The van der Waals surface area contributed by atoms with Gasteiger partial charge in [-0.25, -0.2) is 0 Å². The molecule has 2 nitrogen and oxygen atoms in total.